The van der Waals surface area contributed by atoms with Crippen LogP contribution in [0, 0.1) is 12.3 Å². The Morgan fingerprint density at radius 1 is 1.43 bits per heavy atom. The number of hydrogen-bond acceptors (Lipinski definition) is 3. The topological polar surface area (TPSA) is 54.0 Å². The van der Waals surface area contributed by atoms with Crippen LogP contribution in [0.5, 0.6) is 0 Å². The van der Waals surface area contributed by atoms with Gasteiger partial charge in [0.05, 0.1) is 5.56 Å². The number of rotatable bonds is 3. The lowest BCUT2D eigenvalue weighted by Crippen LogP contribution is -2.52. The zero-order chi connectivity index (χ0) is 13.9. The van der Waals surface area contributed by atoms with Crippen LogP contribution < -0.4 is 10.6 Å². The number of aryl methyl sites for hydroxylation is 1. The molecule has 1 fully saturated rings. The minimum absolute atomic E-state index is 0. The van der Waals surface area contributed by atoms with E-state index in [0.717, 1.165) is 12.1 Å². The van der Waals surface area contributed by atoms with Gasteiger partial charge in [0.25, 0.3) is 5.91 Å². The fraction of sp³-hybridized carbons (Fsp3) is 0.600. The van der Waals surface area contributed by atoms with Crippen molar-refractivity contribution in [1.82, 2.24) is 15.6 Å². The van der Waals surface area contributed by atoms with Crippen molar-refractivity contribution < 1.29 is 4.79 Å². The molecule has 0 spiro atoms. The van der Waals surface area contributed by atoms with Gasteiger partial charge >= 0.3 is 0 Å². The summed E-state index contributed by atoms with van der Waals surface area (Å²) in [4.78, 5) is 16.1. The van der Waals surface area contributed by atoms with Crippen LogP contribution >= 0.6 is 24.8 Å². The van der Waals surface area contributed by atoms with Crippen LogP contribution in [0.1, 0.15) is 42.6 Å². The van der Waals surface area contributed by atoms with Crippen molar-refractivity contribution in [2.24, 2.45) is 5.41 Å². The van der Waals surface area contributed by atoms with Crippen LogP contribution in [0.15, 0.2) is 18.5 Å². The van der Waals surface area contributed by atoms with E-state index in [1.165, 1.54) is 12.8 Å². The van der Waals surface area contributed by atoms with Crippen LogP contribution in [-0.2, 0) is 0 Å². The lowest BCUT2D eigenvalue weighted by atomic mass is 9.77. The van der Waals surface area contributed by atoms with Gasteiger partial charge < -0.3 is 10.6 Å². The normalized spacial score (nSPS) is 19.9. The molecule has 2 rings (SSSR count). The highest BCUT2D eigenvalue weighted by molar-refractivity contribution is 5.94. The van der Waals surface area contributed by atoms with Gasteiger partial charge in [-0.15, -0.1) is 24.8 Å². The highest BCUT2D eigenvalue weighted by atomic mass is 35.5. The fourth-order valence-corrected chi connectivity index (χ4v) is 2.60. The molecular formula is C15H25Cl2N3O. The molecule has 0 saturated carbocycles. The van der Waals surface area contributed by atoms with E-state index < -0.39 is 0 Å². The molecule has 1 aliphatic rings. The van der Waals surface area contributed by atoms with E-state index in [2.05, 4.69) is 29.5 Å². The minimum atomic E-state index is -0.0422. The predicted octanol–water partition coefficient (Wildman–Crippen LogP) is 2.74. The smallest absolute Gasteiger partial charge is 0.252 e. The Labute approximate surface area is 139 Å². The Balaban J connectivity index is 0.00000200. The monoisotopic (exact) mass is 333 g/mol. The summed E-state index contributed by atoms with van der Waals surface area (Å²) in [5.74, 6) is -0.0422. The molecule has 2 N–H and O–H groups in total. The molecule has 1 aliphatic heterocycles. The fourth-order valence-electron chi connectivity index (χ4n) is 2.60. The Bertz CT molecular complexity index is 466. The number of nitrogens with zero attached hydrogens (tertiary/aromatic N) is 1. The summed E-state index contributed by atoms with van der Waals surface area (Å²) >= 11 is 0. The van der Waals surface area contributed by atoms with Gasteiger partial charge in [0, 0.05) is 25.0 Å². The molecule has 120 valence electrons. The summed E-state index contributed by atoms with van der Waals surface area (Å²) < 4.78 is 0. The van der Waals surface area contributed by atoms with Gasteiger partial charge in [0.2, 0.25) is 0 Å². The maximum absolute atomic E-state index is 12.1. The summed E-state index contributed by atoms with van der Waals surface area (Å²) in [5, 5.41) is 6.51. The molecule has 2 heterocycles. The molecule has 6 heteroatoms. The van der Waals surface area contributed by atoms with Crippen LogP contribution in [0.2, 0.25) is 0 Å². The standard InChI is InChI=1S/C15H23N3O.2ClH/c1-11-7-12(9-16-8-11)14(19)18-10-13-15(2,3)5-4-6-17-13;;/h7-9,13,17H,4-6,10H2,1-3H3,(H,18,19);2*1H. The van der Waals surface area contributed by atoms with Crippen LogP contribution in [0.4, 0.5) is 0 Å². The first kappa shape index (κ1) is 20.2. The number of nitrogens with one attached hydrogen (secondary N) is 2. The van der Waals surface area contributed by atoms with Gasteiger partial charge in [-0.2, -0.15) is 0 Å². The second kappa shape index (κ2) is 8.57. The SMILES string of the molecule is Cc1cncc(C(=O)NCC2NCCCC2(C)C)c1.Cl.Cl. The molecule has 4 nitrogen and oxygen atoms in total. The Kier molecular flexibility index (Phi) is 8.22. The van der Waals surface area contributed by atoms with Crippen molar-refractivity contribution in [3.8, 4) is 0 Å². The molecular weight excluding hydrogens is 309 g/mol. The van der Waals surface area contributed by atoms with Gasteiger partial charge in [0.15, 0.2) is 0 Å². The van der Waals surface area contributed by atoms with Crippen molar-refractivity contribution in [3.05, 3.63) is 29.6 Å². The third-order valence-corrected chi connectivity index (χ3v) is 3.94. The molecule has 1 atom stereocenters. The highest BCUT2D eigenvalue weighted by Gasteiger charge is 2.31. The zero-order valence-corrected chi connectivity index (χ0v) is 14.4. The number of aromatic nitrogens is 1. The molecule has 0 aliphatic carbocycles. The summed E-state index contributed by atoms with van der Waals surface area (Å²) in [7, 11) is 0. The minimum Gasteiger partial charge on any atom is -0.350 e. The number of pyridine rings is 1. The van der Waals surface area contributed by atoms with Crippen molar-refractivity contribution >= 4 is 30.7 Å². The van der Waals surface area contributed by atoms with Gasteiger partial charge in [-0.1, -0.05) is 13.8 Å². The number of amides is 1. The number of hydrogen-bond donors (Lipinski definition) is 2. The molecule has 1 saturated heterocycles. The molecule has 21 heavy (non-hydrogen) atoms. The summed E-state index contributed by atoms with van der Waals surface area (Å²) in [6, 6.07) is 2.20. The first-order chi connectivity index (χ1) is 8.99. The molecule has 1 aromatic rings. The number of carbonyl (C=O) groups is 1. The molecule has 1 amide bonds. The highest BCUT2D eigenvalue weighted by Crippen LogP contribution is 2.29. The number of carbonyl (C=O) groups excluding carboxylic acids is 1. The van der Waals surface area contributed by atoms with Crippen molar-refractivity contribution in [2.75, 3.05) is 13.1 Å². The van der Waals surface area contributed by atoms with Gasteiger partial charge in [-0.05, 0) is 43.4 Å². The van der Waals surface area contributed by atoms with E-state index in [1.807, 2.05) is 13.0 Å². The van der Waals surface area contributed by atoms with E-state index in [-0.39, 0.29) is 36.1 Å². The van der Waals surface area contributed by atoms with E-state index in [9.17, 15) is 4.79 Å². The van der Waals surface area contributed by atoms with Gasteiger partial charge in [0.1, 0.15) is 0 Å². The Hall–Kier alpha value is -0.840. The molecule has 1 aromatic heterocycles. The summed E-state index contributed by atoms with van der Waals surface area (Å²) in [5.41, 5.74) is 1.87. The lowest BCUT2D eigenvalue weighted by Gasteiger charge is -2.39. The van der Waals surface area contributed by atoms with Crippen LogP contribution in [0.3, 0.4) is 0 Å². The first-order valence-electron chi connectivity index (χ1n) is 6.92. The third-order valence-electron chi connectivity index (χ3n) is 3.94. The average Bonchev–Trinajstić information content (AvgIpc) is 2.36. The zero-order valence-electron chi connectivity index (χ0n) is 12.8. The molecule has 0 radical (unpaired) electrons. The maximum atomic E-state index is 12.1. The average molecular weight is 334 g/mol. The van der Waals surface area contributed by atoms with Gasteiger partial charge in [-0.25, -0.2) is 0 Å². The van der Waals surface area contributed by atoms with E-state index in [0.29, 0.717) is 18.2 Å². The van der Waals surface area contributed by atoms with E-state index in [4.69, 9.17) is 0 Å². The van der Waals surface area contributed by atoms with Crippen molar-refractivity contribution in [1.29, 1.82) is 0 Å². The van der Waals surface area contributed by atoms with E-state index in [1.54, 1.807) is 12.4 Å². The summed E-state index contributed by atoms with van der Waals surface area (Å²) in [6.07, 6.45) is 5.77. The summed E-state index contributed by atoms with van der Waals surface area (Å²) in [6.45, 7) is 8.15. The second-order valence-corrected chi connectivity index (χ2v) is 6.06. The molecule has 1 unspecified atom stereocenters. The molecule has 0 bridgehead atoms. The first-order valence-corrected chi connectivity index (χ1v) is 6.92. The van der Waals surface area contributed by atoms with Crippen LogP contribution in [-0.4, -0.2) is 30.0 Å². The molecule has 0 aromatic carbocycles. The van der Waals surface area contributed by atoms with Crippen molar-refractivity contribution in [3.63, 3.8) is 0 Å². The van der Waals surface area contributed by atoms with E-state index >= 15 is 0 Å². The number of halogens is 2. The van der Waals surface area contributed by atoms with Crippen LogP contribution in [0.25, 0.3) is 0 Å². The third kappa shape index (κ3) is 5.46. The van der Waals surface area contributed by atoms with Gasteiger partial charge in [-0.3, -0.25) is 9.78 Å². The second-order valence-electron chi connectivity index (χ2n) is 6.06. The largest absolute Gasteiger partial charge is 0.350 e. The quantitative estimate of drug-likeness (QED) is 0.894. The maximum Gasteiger partial charge on any atom is 0.252 e. The lowest BCUT2D eigenvalue weighted by molar-refractivity contribution is 0.0928. The Morgan fingerprint density at radius 2 is 2.14 bits per heavy atom. The van der Waals surface area contributed by atoms with Crippen molar-refractivity contribution in [2.45, 2.75) is 39.7 Å². The predicted molar refractivity (Wildman–Crippen MR) is 90.6 cm³/mol. The number of piperidine rings is 1. The Morgan fingerprint density at radius 3 is 2.76 bits per heavy atom.